The molecule has 0 radical (unpaired) electrons. The normalized spacial score (nSPS) is 16.3. The molecule has 56 valence electrons. The Morgan fingerprint density at radius 2 is 1.44 bits per heavy atom. The van der Waals surface area contributed by atoms with E-state index in [0.29, 0.717) is 0 Å². The maximum atomic E-state index is 12.8. The minimum atomic E-state index is -1.57. The van der Waals surface area contributed by atoms with Crippen LogP contribution in [0.5, 0.6) is 0 Å². The highest BCUT2D eigenvalue weighted by Crippen LogP contribution is 2.41. The van der Waals surface area contributed by atoms with Gasteiger partial charge in [0.05, 0.1) is 8.56 Å². The molecule has 1 atom stereocenters. The summed E-state index contributed by atoms with van der Waals surface area (Å²) >= 11 is 15.0. The molecular weight excluding hydrogens is 455 g/mol. The van der Waals surface area contributed by atoms with Crippen LogP contribution in [0.15, 0.2) is 0 Å². The molecule has 0 bridgehead atoms. The Morgan fingerprint density at radius 3 is 1.44 bits per heavy atom. The van der Waals surface area contributed by atoms with Crippen molar-refractivity contribution in [2.75, 3.05) is 0 Å². The van der Waals surface area contributed by atoms with E-state index >= 15 is 0 Å². The van der Waals surface area contributed by atoms with Gasteiger partial charge in [0.25, 0.3) is 0 Å². The van der Waals surface area contributed by atoms with Gasteiger partial charge in [0.15, 0.2) is 0 Å². The molecule has 0 aliphatic carbocycles. The van der Waals surface area contributed by atoms with E-state index in [4.69, 9.17) is 0 Å². The van der Waals surface area contributed by atoms with Crippen LogP contribution in [-0.2, 0) is 0 Å². The molecule has 0 aliphatic rings. The molecule has 0 heterocycles. The van der Waals surface area contributed by atoms with Crippen molar-refractivity contribution in [1.82, 2.24) is 0 Å². The SMILES string of the molecule is FC(Br)(Br)C(Br)C(Br)Br. The van der Waals surface area contributed by atoms with Crippen LogP contribution in [0.3, 0.4) is 0 Å². The molecule has 0 N–H and O–H groups in total. The fraction of sp³-hybridized carbons (Fsp3) is 1.00. The first-order valence-electron chi connectivity index (χ1n) is 1.84. The van der Waals surface area contributed by atoms with E-state index in [-0.39, 0.29) is 8.56 Å². The van der Waals surface area contributed by atoms with Gasteiger partial charge in [-0.3, -0.25) is 0 Å². The average molecular weight is 457 g/mol. The van der Waals surface area contributed by atoms with Crippen molar-refractivity contribution < 1.29 is 4.39 Å². The van der Waals surface area contributed by atoms with Crippen LogP contribution in [0.25, 0.3) is 0 Å². The number of hydrogen-bond acceptors (Lipinski definition) is 0. The molecule has 0 amide bonds. The summed E-state index contributed by atoms with van der Waals surface area (Å²) in [6.07, 6.45) is 0. The number of rotatable bonds is 2. The highest BCUT2D eigenvalue weighted by atomic mass is 79.9. The molecule has 9 heavy (non-hydrogen) atoms. The number of alkyl halides is 6. The molecule has 0 aliphatic heterocycles. The third-order valence-electron chi connectivity index (χ3n) is 0.534. The summed E-state index contributed by atoms with van der Waals surface area (Å²) in [6, 6.07) is 0. The van der Waals surface area contributed by atoms with E-state index in [1.165, 1.54) is 0 Å². The largest absolute Gasteiger partial charge is 0.233 e. The Morgan fingerprint density at radius 1 is 1.11 bits per heavy atom. The van der Waals surface area contributed by atoms with E-state index < -0.39 is 3.49 Å². The zero-order chi connectivity index (χ0) is 7.65. The summed E-state index contributed by atoms with van der Waals surface area (Å²) in [4.78, 5) is -0.370. The van der Waals surface area contributed by atoms with Gasteiger partial charge < -0.3 is 0 Å². The van der Waals surface area contributed by atoms with E-state index in [1.54, 1.807) is 0 Å². The summed E-state index contributed by atoms with van der Waals surface area (Å²) in [5, 5.41) is 0. The maximum Gasteiger partial charge on any atom is 0.233 e. The summed E-state index contributed by atoms with van der Waals surface area (Å²) in [7, 11) is 0. The van der Waals surface area contributed by atoms with Gasteiger partial charge in [-0.2, -0.15) is 0 Å². The monoisotopic (exact) mass is 452 g/mol. The highest BCUT2D eigenvalue weighted by molar-refractivity contribution is 9.27. The zero-order valence-corrected chi connectivity index (χ0v) is 11.9. The lowest BCUT2D eigenvalue weighted by Gasteiger charge is -2.18. The smallest absolute Gasteiger partial charge is 0.217 e. The Bertz CT molecular complexity index is 86.7. The molecule has 6 heteroatoms. The van der Waals surface area contributed by atoms with Crippen LogP contribution in [0.4, 0.5) is 4.39 Å². The Hall–Kier alpha value is 2.33. The molecule has 0 aromatic rings. The van der Waals surface area contributed by atoms with E-state index in [2.05, 4.69) is 79.6 Å². The minimum absolute atomic E-state index is 0.117. The van der Waals surface area contributed by atoms with Gasteiger partial charge in [-0.1, -0.05) is 47.8 Å². The second kappa shape index (κ2) is 4.38. The molecule has 1 unspecified atom stereocenters. The van der Waals surface area contributed by atoms with Crippen molar-refractivity contribution in [3.63, 3.8) is 0 Å². The van der Waals surface area contributed by atoms with Crippen molar-refractivity contribution in [3.05, 3.63) is 0 Å². The van der Waals surface area contributed by atoms with Gasteiger partial charge in [-0.05, 0) is 31.9 Å². The first-order valence-corrected chi connectivity index (χ1v) is 6.18. The molecule has 0 aromatic carbocycles. The lowest BCUT2D eigenvalue weighted by atomic mass is 10.5. The van der Waals surface area contributed by atoms with Gasteiger partial charge in [-0.25, -0.2) is 4.39 Å². The molecule has 0 rings (SSSR count). The predicted molar refractivity (Wildman–Crippen MR) is 56.1 cm³/mol. The summed E-state index contributed by atoms with van der Waals surface area (Å²) in [5.41, 5.74) is 0. The number of halogens is 6. The first kappa shape index (κ1) is 11.3. The number of hydrogen-bond donors (Lipinski definition) is 0. The van der Waals surface area contributed by atoms with Crippen LogP contribution in [-0.4, -0.2) is 12.1 Å². The van der Waals surface area contributed by atoms with E-state index in [9.17, 15) is 4.39 Å². The van der Waals surface area contributed by atoms with Gasteiger partial charge in [0.2, 0.25) is 3.49 Å². The van der Waals surface area contributed by atoms with Gasteiger partial charge >= 0.3 is 0 Å². The molecular formula is C3H2Br5F. The summed E-state index contributed by atoms with van der Waals surface area (Å²) in [5.74, 6) is 0. The van der Waals surface area contributed by atoms with Crippen molar-refractivity contribution >= 4 is 79.6 Å². The average Bonchev–Trinajstić information content (AvgIpc) is 1.62. The fourth-order valence-electron chi connectivity index (χ4n) is 0.143. The zero-order valence-electron chi connectivity index (χ0n) is 3.92. The summed E-state index contributed by atoms with van der Waals surface area (Å²) < 4.78 is 11.1. The van der Waals surface area contributed by atoms with Crippen molar-refractivity contribution in [2.24, 2.45) is 0 Å². The fourth-order valence-corrected chi connectivity index (χ4v) is 2.82. The lowest BCUT2D eigenvalue weighted by molar-refractivity contribution is 0.431. The predicted octanol–water partition coefficient (Wildman–Crippen LogP) is 4.28. The third kappa shape index (κ3) is 4.71. The second-order valence-corrected chi connectivity index (χ2v) is 8.84. The van der Waals surface area contributed by atoms with Crippen molar-refractivity contribution in [1.29, 1.82) is 0 Å². The molecule has 0 fully saturated rings. The Kier molecular flexibility index (Phi) is 5.51. The van der Waals surface area contributed by atoms with Crippen LogP contribution in [0, 0.1) is 0 Å². The van der Waals surface area contributed by atoms with E-state index in [0.717, 1.165) is 0 Å². The van der Waals surface area contributed by atoms with E-state index in [1.807, 2.05) is 0 Å². The quantitative estimate of drug-likeness (QED) is 0.544. The summed E-state index contributed by atoms with van der Waals surface area (Å²) in [6.45, 7) is 0. The first-order chi connectivity index (χ1) is 3.85. The van der Waals surface area contributed by atoms with Gasteiger partial charge in [-0.15, -0.1) is 0 Å². The van der Waals surface area contributed by atoms with Crippen LogP contribution < -0.4 is 0 Å². The molecule has 0 saturated heterocycles. The molecule has 0 aromatic heterocycles. The Balaban J connectivity index is 3.88. The van der Waals surface area contributed by atoms with Crippen molar-refractivity contribution in [3.8, 4) is 0 Å². The van der Waals surface area contributed by atoms with Gasteiger partial charge in [0, 0.05) is 0 Å². The van der Waals surface area contributed by atoms with Crippen LogP contribution in [0.1, 0.15) is 0 Å². The Labute approximate surface area is 95.0 Å². The highest BCUT2D eigenvalue weighted by Gasteiger charge is 2.35. The van der Waals surface area contributed by atoms with Gasteiger partial charge in [0.1, 0.15) is 0 Å². The molecule has 0 saturated carbocycles. The van der Waals surface area contributed by atoms with Crippen LogP contribution >= 0.6 is 79.6 Å². The topological polar surface area (TPSA) is 0 Å². The van der Waals surface area contributed by atoms with Crippen molar-refractivity contribution in [2.45, 2.75) is 12.1 Å². The minimum Gasteiger partial charge on any atom is -0.217 e. The lowest BCUT2D eigenvalue weighted by Crippen LogP contribution is -2.24. The maximum absolute atomic E-state index is 12.8. The molecule has 0 nitrogen and oxygen atoms in total. The van der Waals surface area contributed by atoms with Crippen LogP contribution in [0.2, 0.25) is 0 Å². The second-order valence-electron chi connectivity index (χ2n) is 1.28. The standard InChI is InChI=1S/C3H2Br5F/c4-1(2(5)6)3(7,8)9/h1-2H. The third-order valence-corrected chi connectivity index (χ3v) is 6.38. The molecule has 0 spiro atoms.